The van der Waals surface area contributed by atoms with E-state index in [0.717, 1.165) is 102 Å². The van der Waals surface area contributed by atoms with E-state index in [1.54, 1.807) is 12.1 Å². The molecule has 2 aliphatic rings. The Morgan fingerprint density at radius 2 is 1.08 bits per heavy atom. The van der Waals surface area contributed by atoms with Gasteiger partial charge < -0.3 is 29.5 Å². The normalized spacial score (nSPS) is 15.1. The average molecular weight is 861 g/mol. The van der Waals surface area contributed by atoms with E-state index in [1.165, 1.54) is 35.4 Å². The maximum atomic E-state index is 14.1. The second kappa shape index (κ2) is 22.3. The number of likely N-dealkylation sites (tertiary alicyclic amines) is 2. The Labute approximate surface area is 366 Å². The molecule has 0 aliphatic carbocycles. The van der Waals surface area contributed by atoms with Crippen LogP contribution in [0.1, 0.15) is 69.8 Å². The lowest BCUT2D eigenvalue weighted by atomic mass is 9.96. The fourth-order valence-corrected chi connectivity index (χ4v) is 8.09. The van der Waals surface area contributed by atoms with Crippen molar-refractivity contribution in [2.24, 2.45) is 11.8 Å². The monoisotopic (exact) mass is 860 g/mol. The van der Waals surface area contributed by atoms with E-state index < -0.39 is 11.6 Å². The van der Waals surface area contributed by atoms with Gasteiger partial charge in [-0.25, -0.2) is 13.2 Å². The number of carbonyl (C=O) groups is 2. The van der Waals surface area contributed by atoms with E-state index in [9.17, 15) is 22.8 Å². The van der Waals surface area contributed by atoms with Crippen molar-refractivity contribution in [2.45, 2.75) is 51.9 Å². The van der Waals surface area contributed by atoms with Gasteiger partial charge in [0, 0.05) is 37.8 Å². The van der Waals surface area contributed by atoms with Crippen molar-refractivity contribution in [3.63, 3.8) is 0 Å². The van der Waals surface area contributed by atoms with Crippen LogP contribution < -0.4 is 10.6 Å². The lowest BCUT2D eigenvalue weighted by Crippen LogP contribution is -2.39. The quantitative estimate of drug-likeness (QED) is 0.105. The number of aromatic nitrogens is 2. The van der Waals surface area contributed by atoms with Crippen molar-refractivity contribution < 1.29 is 31.8 Å². The molecule has 2 aromatic heterocycles. The van der Waals surface area contributed by atoms with Gasteiger partial charge in [0.2, 0.25) is 0 Å². The molecule has 0 unspecified atom stereocenters. The van der Waals surface area contributed by atoms with Crippen molar-refractivity contribution >= 4 is 11.8 Å². The van der Waals surface area contributed by atoms with Crippen LogP contribution in [0, 0.1) is 36.2 Å². The van der Waals surface area contributed by atoms with Crippen molar-refractivity contribution in [1.82, 2.24) is 30.7 Å². The summed E-state index contributed by atoms with van der Waals surface area (Å²) in [5, 5.41) is 13.4. The zero-order chi connectivity index (χ0) is 44.0. The molecule has 2 aliphatic heterocycles. The molecule has 2 fully saturated rings. The molecule has 13 heteroatoms. The number of amides is 2. The molecule has 0 bridgehead atoms. The number of carbonyl (C=O) groups excluding carboxylic acids is 2. The molecular weight excluding hydrogens is 806 g/mol. The van der Waals surface area contributed by atoms with Crippen LogP contribution in [0.25, 0.3) is 22.6 Å². The third kappa shape index (κ3) is 13.2. The maximum Gasteiger partial charge on any atom is 0.273 e. The predicted octanol–water partition coefficient (Wildman–Crippen LogP) is 9.17. The van der Waals surface area contributed by atoms with Gasteiger partial charge in [0.25, 0.3) is 11.8 Å². The molecule has 10 nitrogen and oxygen atoms in total. The summed E-state index contributed by atoms with van der Waals surface area (Å²) < 4.78 is 51.4. The zero-order valence-electron chi connectivity index (χ0n) is 35.7. The van der Waals surface area contributed by atoms with E-state index in [2.05, 4.69) is 79.3 Å². The molecule has 0 saturated carbocycles. The summed E-state index contributed by atoms with van der Waals surface area (Å²) in [6.45, 7) is 9.34. The van der Waals surface area contributed by atoms with Gasteiger partial charge in [0.05, 0.1) is 11.1 Å². The largest absolute Gasteiger partial charge is 0.355 e. The summed E-state index contributed by atoms with van der Waals surface area (Å²) in [5.41, 5.74) is 4.21. The van der Waals surface area contributed by atoms with Crippen LogP contribution in [0.2, 0.25) is 0 Å². The molecule has 6 aromatic rings. The van der Waals surface area contributed by atoms with E-state index in [0.29, 0.717) is 30.5 Å². The first-order valence-electron chi connectivity index (χ1n) is 21.9. The van der Waals surface area contributed by atoms with Crippen molar-refractivity contribution in [2.75, 3.05) is 52.4 Å². The SMILES string of the molecule is Cc1ccc(-c2cc(C(=O)NCC3CCN(CCc4ccccc4)CC3)no2)c(F)c1.O=C(NCC1CCN(CCCc2ccccc2)CC1)c1cc(-c2ccc(F)cc2F)on1. The number of hydrogen-bond donors (Lipinski definition) is 2. The van der Waals surface area contributed by atoms with Gasteiger partial charge in [0.15, 0.2) is 22.9 Å². The molecule has 2 amide bonds. The minimum absolute atomic E-state index is 0.0672. The first-order chi connectivity index (χ1) is 30.7. The Hall–Kier alpha value is -6.05. The van der Waals surface area contributed by atoms with Crippen LogP contribution in [0.15, 0.2) is 118 Å². The van der Waals surface area contributed by atoms with E-state index in [-0.39, 0.29) is 46.1 Å². The third-order valence-corrected chi connectivity index (χ3v) is 11.9. The molecular formula is C50H55F3N6O4. The standard InChI is InChI=1S/C25H27F2N3O2.C25H28FN3O2/c26-20-8-9-21(22(27)15-20)24-16-23(29-32-24)25(31)28-17-19-10-13-30(14-11-19)12-4-7-18-5-2-1-3-6-18;1-18-7-8-21(22(26)15-18)24-16-23(28-31-24)25(30)27-17-20-10-13-29(14-11-20)12-9-19-5-3-2-4-6-19/h1-3,5-6,8-9,15-16,19H,4,7,10-14,17H2,(H,28,31);2-8,15-16,20H,9-14,17H2,1H3,(H,27,30). The Balaban J connectivity index is 0.000000189. The smallest absolute Gasteiger partial charge is 0.273 e. The summed E-state index contributed by atoms with van der Waals surface area (Å²) in [6, 6.07) is 32.0. The van der Waals surface area contributed by atoms with Crippen molar-refractivity contribution in [3.8, 4) is 22.6 Å². The van der Waals surface area contributed by atoms with Gasteiger partial charge in [-0.05, 0) is 137 Å². The molecule has 4 heterocycles. The van der Waals surface area contributed by atoms with Crippen molar-refractivity contribution in [1.29, 1.82) is 0 Å². The molecule has 2 N–H and O–H groups in total. The lowest BCUT2D eigenvalue weighted by Gasteiger charge is -2.32. The second-order valence-electron chi connectivity index (χ2n) is 16.6. The highest BCUT2D eigenvalue weighted by Crippen LogP contribution is 2.26. The number of halogens is 3. The Morgan fingerprint density at radius 3 is 1.59 bits per heavy atom. The van der Waals surface area contributed by atoms with Gasteiger partial charge in [-0.3, -0.25) is 9.59 Å². The van der Waals surface area contributed by atoms with Gasteiger partial charge in [-0.15, -0.1) is 0 Å². The first-order valence-corrected chi connectivity index (χ1v) is 21.9. The number of aryl methyl sites for hydroxylation is 2. The molecule has 63 heavy (non-hydrogen) atoms. The van der Waals surface area contributed by atoms with Crippen LogP contribution in [-0.4, -0.2) is 84.3 Å². The van der Waals surface area contributed by atoms with Crippen LogP contribution >= 0.6 is 0 Å². The van der Waals surface area contributed by atoms with Crippen LogP contribution in [0.3, 0.4) is 0 Å². The molecule has 2 saturated heterocycles. The van der Waals surface area contributed by atoms with Gasteiger partial charge >= 0.3 is 0 Å². The molecule has 4 aromatic carbocycles. The van der Waals surface area contributed by atoms with E-state index >= 15 is 0 Å². The Kier molecular flexibility index (Phi) is 16.0. The Morgan fingerprint density at radius 1 is 0.603 bits per heavy atom. The first kappa shape index (κ1) is 45.0. The maximum absolute atomic E-state index is 14.1. The van der Waals surface area contributed by atoms with E-state index in [4.69, 9.17) is 9.05 Å². The summed E-state index contributed by atoms with van der Waals surface area (Å²) in [6.07, 6.45) is 7.51. The van der Waals surface area contributed by atoms with Crippen molar-refractivity contribution in [3.05, 3.63) is 155 Å². The highest BCUT2D eigenvalue weighted by atomic mass is 19.1. The average Bonchev–Trinajstić information content (AvgIpc) is 4.00. The molecule has 0 spiro atoms. The zero-order valence-corrected chi connectivity index (χ0v) is 35.7. The summed E-state index contributed by atoms with van der Waals surface area (Å²) in [5.74, 6) is -1.23. The Bertz CT molecular complexity index is 2370. The predicted molar refractivity (Wildman–Crippen MR) is 236 cm³/mol. The number of nitrogens with zero attached hydrogens (tertiary/aromatic N) is 4. The molecule has 330 valence electrons. The minimum Gasteiger partial charge on any atom is -0.355 e. The van der Waals surface area contributed by atoms with Crippen LogP contribution in [0.4, 0.5) is 13.2 Å². The van der Waals surface area contributed by atoms with Crippen LogP contribution in [0.5, 0.6) is 0 Å². The molecule has 8 rings (SSSR count). The topological polar surface area (TPSA) is 117 Å². The van der Waals surface area contributed by atoms with Gasteiger partial charge in [-0.2, -0.15) is 0 Å². The van der Waals surface area contributed by atoms with Gasteiger partial charge in [0.1, 0.15) is 17.5 Å². The number of nitrogens with one attached hydrogen (secondary N) is 2. The fourth-order valence-electron chi connectivity index (χ4n) is 8.09. The number of rotatable bonds is 15. The molecule has 0 atom stereocenters. The number of benzene rings is 4. The highest BCUT2D eigenvalue weighted by molar-refractivity contribution is 5.93. The lowest BCUT2D eigenvalue weighted by molar-refractivity contribution is 0.0919. The van der Waals surface area contributed by atoms with Crippen LogP contribution in [-0.2, 0) is 12.8 Å². The third-order valence-electron chi connectivity index (χ3n) is 11.9. The number of hydrogen-bond acceptors (Lipinski definition) is 8. The minimum atomic E-state index is -0.761. The van der Waals surface area contributed by atoms with Gasteiger partial charge in [-0.1, -0.05) is 77.0 Å². The summed E-state index contributed by atoms with van der Waals surface area (Å²) in [7, 11) is 0. The summed E-state index contributed by atoms with van der Waals surface area (Å²) in [4.78, 5) is 29.9. The molecule has 0 radical (unpaired) electrons. The number of piperidine rings is 2. The summed E-state index contributed by atoms with van der Waals surface area (Å²) >= 11 is 0. The van der Waals surface area contributed by atoms with E-state index in [1.807, 2.05) is 19.1 Å². The highest BCUT2D eigenvalue weighted by Gasteiger charge is 2.23. The fraction of sp³-hybridized carbons (Fsp3) is 0.360. The second-order valence-corrected chi connectivity index (χ2v) is 16.6.